The highest BCUT2D eigenvalue weighted by Crippen LogP contribution is 2.20. The van der Waals surface area contributed by atoms with Gasteiger partial charge < -0.3 is 10.2 Å². The Kier molecular flexibility index (Phi) is 4.09. The van der Waals surface area contributed by atoms with Gasteiger partial charge in [-0.15, -0.1) is 0 Å². The Bertz CT molecular complexity index is 563. The number of rotatable bonds is 4. The van der Waals surface area contributed by atoms with Crippen molar-refractivity contribution in [3.05, 3.63) is 24.3 Å². The summed E-state index contributed by atoms with van der Waals surface area (Å²) in [6, 6.07) is 6.63. The van der Waals surface area contributed by atoms with Crippen molar-refractivity contribution in [1.82, 2.24) is 4.90 Å². The highest BCUT2D eigenvalue weighted by Gasteiger charge is 2.18. The third-order valence-corrected chi connectivity index (χ3v) is 4.33. The standard InChI is InChI=1S/C13H18N2O3S/c1-19(17,18)12-7-3-2-6-11(12)14-10-13(16)15-8-4-5-9-15/h2-3,6-7,14H,4-5,8-10H2,1H3. The van der Waals surface area contributed by atoms with E-state index in [9.17, 15) is 13.2 Å². The Balaban J connectivity index is 2.05. The van der Waals surface area contributed by atoms with Crippen LogP contribution in [0.4, 0.5) is 5.69 Å². The Morgan fingerprint density at radius 2 is 1.89 bits per heavy atom. The fourth-order valence-corrected chi connectivity index (χ4v) is 3.05. The van der Waals surface area contributed by atoms with Crippen LogP contribution < -0.4 is 5.32 Å². The molecular formula is C13H18N2O3S. The smallest absolute Gasteiger partial charge is 0.241 e. The van der Waals surface area contributed by atoms with Gasteiger partial charge in [-0.25, -0.2) is 8.42 Å². The zero-order chi connectivity index (χ0) is 13.9. The van der Waals surface area contributed by atoms with E-state index < -0.39 is 9.84 Å². The van der Waals surface area contributed by atoms with E-state index in [1.54, 1.807) is 23.1 Å². The van der Waals surface area contributed by atoms with Crippen molar-refractivity contribution in [3.8, 4) is 0 Å². The molecule has 0 atom stereocenters. The maximum Gasteiger partial charge on any atom is 0.241 e. The molecule has 6 heteroatoms. The number of anilines is 1. The predicted octanol–water partition coefficient (Wildman–Crippen LogP) is 1.12. The minimum atomic E-state index is -3.29. The normalized spacial score (nSPS) is 15.5. The van der Waals surface area contributed by atoms with Crippen molar-refractivity contribution in [2.75, 3.05) is 31.2 Å². The molecule has 0 spiro atoms. The lowest BCUT2D eigenvalue weighted by atomic mass is 10.3. The van der Waals surface area contributed by atoms with Crippen molar-refractivity contribution in [2.45, 2.75) is 17.7 Å². The number of para-hydroxylation sites is 1. The van der Waals surface area contributed by atoms with E-state index in [0.717, 1.165) is 32.2 Å². The number of sulfone groups is 1. The third-order valence-electron chi connectivity index (χ3n) is 3.18. The summed E-state index contributed by atoms with van der Waals surface area (Å²) < 4.78 is 23.2. The van der Waals surface area contributed by atoms with E-state index in [1.807, 2.05) is 0 Å². The van der Waals surface area contributed by atoms with Crippen LogP contribution >= 0.6 is 0 Å². The summed E-state index contributed by atoms with van der Waals surface area (Å²) in [4.78, 5) is 13.9. The van der Waals surface area contributed by atoms with Crippen molar-refractivity contribution in [2.24, 2.45) is 0 Å². The highest BCUT2D eigenvalue weighted by molar-refractivity contribution is 7.90. The number of amides is 1. The van der Waals surface area contributed by atoms with Crippen LogP contribution in [0.1, 0.15) is 12.8 Å². The second-order valence-electron chi connectivity index (χ2n) is 4.71. The van der Waals surface area contributed by atoms with Crippen LogP contribution in [-0.4, -0.2) is 45.1 Å². The third kappa shape index (κ3) is 3.47. The van der Waals surface area contributed by atoms with Crippen LogP contribution in [0.2, 0.25) is 0 Å². The number of nitrogens with zero attached hydrogens (tertiary/aromatic N) is 1. The van der Waals surface area contributed by atoms with Crippen molar-refractivity contribution in [1.29, 1.82) is 0 Å². The molecule has 104 valence electrons. The first-order chi connectivity index (χ1) is 8.98. The van der Waals surface area contributed by atoms with Crippen molar-refractivity contribution >= 4 is 21.4 Å². The fraction of sp³-hybridized carbons (Fsp3) is 0.462. The van der Waals surface area contributed by atoms with E-state index in [-0.39, 0.29) is 17.3 Å². The largest absolute Gasteiger partial charge is 0.375 e. The summed E-state index contributed by atoms with van der Waals surface area (Å²) in [5.74, 6) is 0.0146. The Morgan fingerprint density at radius 1 is 1.26 bits per heavy atom. The van der Waals surface area contributed by atoms with Crippen LogP contribution in [0.3, 0.4) is 0 Å². The zero-order valence-electron chi connectivity index (χ0n) is 10.9. The first-order valence-corrected chi connectivity index (χ1v) is 8.18. The average Bonchev–Trinajstić information content (AvgIpc) is 2.89. The van der Waals surface area contributed by atoms with Crippen molar-refractivity contribution in [3.63, 3.8) is 0 Å². The quantitative estimate of drug-likeness (QED) is 0.899. The lowest BCUT2D eigenvalue weighted by molar-refractivity contribution is -0.128. The number of carbonyl (C=O) groups is 1. The minimum Gasteiger partial charge on any atom is -0.375 e. The fourth-order valence-electron chi connectivity index (χ4n) is 2.19. The minimum absolute atomic E-state index is 0.0146. The lowest BCUT2D eigenvalue weighted by Gasteiger charge is -2.16. The van der Waals surface area contributed by atoms with Gasteiger partial charge in [0.2, 0.25) is 5.91 Å². The van der Waals surface area contributed by atoms with Gasteiger partial charge in [-0.1, -0.05) is 12.1 Å². The van der Waals surface area contributed by atoms with Gasteiger partial charge >= 0.3 is 0 Å². The molecular weight excluding hydrogens is 264 g/mol. The molecule has 2 rings (SSSR count). The molecule has 1 saturated heterocycles. The molecule has 5 nitrogen and oxygen atoms in total. The Morgan fingerprint density at radius 3 is 2.53 bits per heavy atom. The van der Waals surface area contributed by atoms with Gasteiger partial charge in [0.1, 0.15) is 0 Å². The number of nitrogens with one attached hydrogen (secondary N) is 1. The lowest BCUT2D eigenvalue weighted by Crippen LogP contribution is -2.33. The molecule has 1 aliphatic heterocycles. The van der Waals surface area contributed by atoms with Gasteiger partial charge in [-0.05, 0) is 25.0 Å². The molecule has 1 fully saturated rings. The number of benzene rings is 1. The molecule has 0 radical (unpaired) electrons. The van der Waals surface area contributed by atoms with Gasteiger partial charge in [0, 0.05) is 19.3 Å². The average molecular weight is 282 g/mol. The molecule has 1 aliphatic rings. The van der Waals surface area contributed by atoms with Crippen LogP contribution in [-0.2, 0) is 14.6 Å². The van der Waals surface area contributed by atoms with E-state index in [0.29, 0.717) is 5.69 Å². The number of likely N-dealkylation sites (tertiary alicyclic amines) is 1. The first-order valence-electron chi connectivity index (χ1n) is 6.29. The van der Waals surface area contributed by atoms with E-state index in [4.69, 9.17) is 0 Å². The monoisotopic (exact) mass is 282 g/mol. The summed E-state index contributed by atoms with van der Waals surface area (Å²) in [6.07, 6.45) is 3.26. The zero-order valence-corrected chi connectivity index (χ0v) is 11.7. The molecule has 0 unspecified atom stereocenters. The molecule has 1 N–H and O–H groups in total. The number of hydrogen-bond donors (Lipinski definition) is 1. The Hall–Kier alpha value is -1.56. The first kappa shape index (κ1) is 13.9. The molecule has 0 aromatic heterocycles. The van der Waals surface area contributed by atoms with Gasteiger partial charge in [0.15, 0.2) is 9.84 Å². The molecule has 1 aromatic rings. The second-order valence-corrected chi connectivity index (χ2v) is 6.69. The molecule has 1 heterocycles. The number of hydrogen-bond acceptors (Lipinski definition) is 4. The van der Waals surface area contributed by atoms with E-state index in [2.05, 4.69) is 5.32 Å². The Labute approximate surface area is 113 Å². The molecule has 0 bridgehead atoms. The number of carbonyl (C=O) groups excluding carboxylic acids is 1. The summed E-state index contributed by atoms with van der Waals surface area (Å²) in [7, 11) is -3.29. The molecule has 19 heavy (non-hydrogen) atoms. The summed E-state index contributed by atoms with van der Waals surface area (Å²) in [5.41, 5.74) is 0.484. The molecule has 1 aromatic carbocycles. The molecule has 1 amide bonds. The summed E-state index contributed by atoms with van der Waals surface area (Å²) >= 11 is 0. The highest BCUT2D eigenvalue weighted by atomic mass is 32.2. The van der Waals surface area contributed by atoms with Crippen LogP contribution in [0, 0.1) is 0 Å². The van der Waals surface area contributed by atoms with Gasteiger partial charge in [0.05, 0.1) is 17.1 Å². The molecule has 0 saturated carbocycles. The van der Waals surface area contributed by atoms with Gasteiger partial charge in [-0.3, -0.25) is 4.79 Å². The van der Waals surface area contributed by atoms with E-state index in [1.165, 1.54) is 6.07 Å². The predicted molar refractivity (Wildman–Crippen MR) is 73.9 cm³/mol. The van der Waals surface area contributed by atoms with Crippen LogP contribution in [0.25, 0.3) is 0 Å². The van der Waals surface area contributed by atoms with Crippen molar-refractivity contribution < 1.29 is 13.2 Å². The maximum absolute atomic E-state index is 11.9. The van der Waals surface area contributed by atoms with Crippen LogP contribution in [0.15, 0.2) is 29.2 Å². The van der Waals surface area contributed by atoms with E-state index >= 15 is 0 Å². The summed E-state index contributed by atoms with van der Waals surface area (Å²) in [5, 5.41) is 2.93. The molecule has 0 aliphatic carbocycles. The van der Waals surface area contributed by atoms with Gasteiger partial charge in [-0.2, -0.15) is 0 Å². The second kappa shape index (κ2) is 5.61. The summed E-state index contributed by atoms with van der Waals surface area (Å²) in [6.45, 7) is 1.73. The van der Waals surface area contributed by atoms with Crippen LogP contribution in [0.5, 0.6) is 0 Å². The maximum atomic E-state index is 11.9. The van der Waals surface area contributed by atoms with Gasteiger partial charge in [0.25, 0.3) is 0 Å². The SMILES string of the molecule is CS(=O)(=O)c1ccccc1NCC(=O)N1CCCC1. The topological polar surface area (TPSA) is 66.5 Å².